The second-order valence-corrected chi connectivity index (χ2v) is 5.23. The van der Waals surface area contributed by atoms with Gasteiger partial charge in [-0.3, -0.25) is 4.79 Å². The number of halogens is 4. The molecule has 0 radical (unpaired) electrons. The summed E-state index contributed by atoms with van der Waals surface area (Å²) in [6, 6.07) is 7.02. The lowest BCUT2D eigenvalue weighted by molar-refractivity contribution is -0.174. The predicted molar refractivity (Wildman–Crippen MR) is 69.3 cm³/mol. The lowest BCUT2D eigenvalue weighted by Gasteiger charge is -2.13. The fraction of sp³-hybridized carbons (Fsp3) is 0.417. The minimum Gasteiger partial charge on any atom is -0.362 e. The van der Waals surface area contributed by atoms with Gasteiger partial charge < -0.3 is 10.1 Å². The number of nitrogens with one attached hydrogen (secondary N) is 1. The number of anilines is 1. The van der Waals surface area contributed by atoms with Crippen LogP contribution in [0.4, 0.5) is 18.9 Å². The van der Waals surface area contributed by atoms with Crippen molar-refractivity contribution in [1.29, 1.82) is 0 Å². The number of carbonyl (C=O) groups is 1. The number of benzene rings is 1. The number of para-hydroxylation sites is 1. The van der Waals surface area contributed by atoms with Gasteiger partial charge in [-0.1, -0.05) is 34.1 Å². The summed E-state index contributed by atoms with van der Waals surface area (Å²) in [4.78, 5) is 11.5. The molecule has 0 aliphatic rings. The van der Waals surface area contributed by atoms with Crippen molar-refractivity contribution < 1.29 is 22.7 Å². The Morgan fingerprint density at radius 1 is 1.42 bits per heavy atom. The molecular weight excluding hydrogens is 327 g/mol. The zero-order valence-electron chi connectivity index (χ0n) is 10.1. The van der Waals surface area contributed by atoms with Crippen LogP contribution >= 0.6 is 15.9 Å². The van der Waals surface area contributed by atoms with Crippen molar-refractivity contribution >= 4 is 27.5 Å². The van der Waals surface area contributed by atoms with E-state index in [9.17, 15) is 18.0 Å². The standard InChI is InChI=1S/C12H13BrF3NO2/c1-8(13)9-4-2-3-5-10(9)17-11(18)6-19-7-12(14,15)16/h2-5,8H,6-7H2,1H3,(H,17,18). The number of hydrogen-bond donors (Lipinski definition) is 1. The summed E-state index contributed by atoms with van der Waals surface area (Å²) in [6.07, 6.45) is -4.43. The van der Waals surface area contributed by atoms with Crippen molar-refractivity contribution in [2.24, 2.45) is 0 Å². The van der Waals surface area contributed by atoms with E-state index in [4.69, 9.17) is 0 Å². The summed E-state index contributed by atoms with van der Waals surface area (Å²) >= 11 is 3.37. The molecule has 0 bridgehead atoms. The second kappa shape index (κ2) is 6.91. The molecule has 0 fully saturated rings. The molecule has 7 heteroatoms. The third-order valence-electron chi connectivity index (χ3n) is 2.16. The SMILES string of the molecule is CC(Br)c1ccccc1NC(=O)COCC(F)(F)F. The molecule has 0 aliphatic heterocycles. The van der Waals surface area contributed by atoms with Gasteiger partial charge >= 0.3 is 6.18 Å². The van der Waals surface area contributed by atoms with Crippen LogP contribution in [0.15, 0.2) is 24.3 Å². The fourth-order valence-corrected chi connectivity index (χ4v) is 1.80. The van der Waals surface area contributed by atoms with Gasteiger partial charge in [0.2, 0.25) is 5.91 Å². The van der Waals surface area contributed by atoms with E-state index in [1.807, 2.05) is 19.1 Å². The summed E-state index contributed by atoms with van der Waals surface area (Å²) in [5.74, 6) is -0.621. The lowest BCUT2D eigenvalue weighted by atomic mass is 10.1. The number of amides is 1. The number of rotatable bonds is 5. The van der Waals surface area contributed by atoms with Gasteiger partial charge in [-0.2, -0.15) is 13.2 Å². The fourth-order valence-electron chi connectivity index (χ4n) is 1.40. The van der Waals surface area contributed by atoms with E-state index in [0.29, 0.717) is 5.69 Å². The van der Waals surface area contributed by atoms with Gasteiger partial charge in [-0.05, 0) is 18.6 Å². The highest BCUT2D eigenvalue weighted by Crippen LogP contribution is 2.28. The Labute approximate surface area is 117 Å². The lowest BCUT2D eigenvalue weighted by Crippen LogP contribution is -2.24. The first kappa shape index (κ1) is 16.0. The maximum absolute atomic E-state index is 11.8. The van der Waals surface area contributed by atoms with E-state index in [0.717, 1.165) is 5.56 Å². The highest BCUT2D eigenvalue weighted by atomic mass is 79.9. The number of ether oxygens (including phenoxy) is 1. The maximum atomic E-state index is 11.8. The molecule has 1 unspecified atom stereocenters. The minimum atomic E-state index is -4.43. The third-order valence-corrected chi connectivity index (χ3v) is 2.66. The van der Waals surface area contributed by atoms with Gasteiger partial charge in [0.25, 0.3) is 0 Å². The van der Waals surface area contributed by atoms with Crippen LogP contribution in [0.1, 0.15) is 17.3 Å². The van der Waals surface area contributed by atoms with Crippen molar-refractivity contribution in [2.75, 3.05) is 18.5 Å². The summed E-state index contributed by atoms with van der Waals surface area (Å²) in [5.41, 5.74) is 1.39. The molecule has 1 N–H and O–H groups in total. The summed E-state index contributed by atoms with van der Waals surface area (Å²) in [6.45, 7) is -0.188. The molecule has 1 atom stereocenters. The third kappa shape index (κ3) is 6.07. The molecule has 0 heterocycles. The summed E-state index contributed by atoms with van der Waals surface area (Å²) in [5, 5.41) is 2.52. The summed E-state index contributed by atoms with van der Waals surface area (Å²) in [7, 11) is 0. The molecule has 0 saturated carbocycles. The average Bonchev–Trinajstić information content (AvgIpc) is 2.27. The number of carbonyl (C=O) groups excluding carboxylic acids is 1. The van der Waals surface area contributed by atoms with Crippen LogP contribution in [0.25, 0.3) is 0 Å². The second-order valence-electron chi connectivity index (χ2n) is 3.86. The monoisotopic (exact) mass is 339 g/mol. The molecule has 0 aliphatic carbocycles. The molecule has 1 rings (SSSR count). The van der Waals surface area contributed by atoms with Gasteiger partial charge in [-0.25, -0.2) is 0 Å². The van der Waals surface area contributed by atoms with Crippen molar-refractivity contribution in [1.82, 2.24) is 0 Å². The molecule has 19 heavy (non-hydrogen) atoms. The number of alkyl halides is 4. The molecule has 0 spiro atoms. The quantitative estimate of drug-likeness (QED) is 0.831. The smallest absolute Gasteiger partial charge is 0.362 e. The Morgan fingerprint density at radius 3 is 2.63 bits per heavy atom. The Hall–Kier alpha value is -1.08. The van der Waals surface area contributed by atoms with Crippen LogP contribution < -0.4 is 5.32 Å². The van der Waals surface area contributed by atoms with Gasteiger partial charge in [0.1, 0.15) is 13.2 Å². The first-order valence-electron chi connectivity index (χ1n) is 5.47. The van der Waals surface area contributed by atoms with E-state index in [-0.39, 0.29) is 4.83 Å². The topological polar surface area (TPSA) is 38.3 Å². The van der Waals surface area contributed by atoms with E-state index in [1.165, 1.54) is 0 Å². The first-order chi connectivity index (χ1) is 8.79. The highest BCUT2D eigenvalue weighted by molar-refractivity contribution is 9.09. The number of hydrogen-bond acceptors (Lipinski definition) is 2. The van der Waals surface area contributed by atoms with E-state index in [1.54, 1.807) is 12.1 Å². The Morgan fingerprint density at radius 2 is 2.05 bits per heavy atom. The largest absolute Gasteiger partial charge is 0.411 e. The first-order valence-corrected chi connectivity index (χ1v) is 6.38. The Balaban J connectivity index is 2.53. The molecule has 106 valence electrons. The minimum absolute atomic E-state index is 0.0140. The average molecular weight is 340 g/mol. The van der Waals surface area contributed by atoms with Gasteiger partial charge in [-0.15, -0.1) is 0 Å². The molecule has 3 nitrogen and oxygen atoms in total. The molecule has 1 aromatic carbocycles. The van der Waals surface area contributed by atoms with Crippen LogP contribution in [0.2, 0.25) is 0 Å². The van der Waals surface area contributed by atoms with E-state index in [2.05, 4.69) is 26.0 Å². The molecule has 1 amide bonds. The van der Waals surface area contributed by atoms with Crippen molar-refractivity contribution in [3.63, 3.8) is 0 Å². The van der Waals surface area contributed by atoms with Crippen molar-refractivity contribution in [3.05, 3.63) is 29.8 Å². The van der Waals surface area contributed by atoms with Crippen LogP contribution in [-0.4, -0.2) is 25.3 Å². The van der Waals surface area contributed by atoms with Gasteiger partial charge in [0, 0.05) is 10.5 Å². The van der Waals surface area contributed by atoms with Crippen molar-refractivity contribution in [2.45, 2.75) is 17.9 Å². The Bertz CT molecular complexity index is 435. The zero-order chi connectivity index (χ0) is 14.5. The normalized spacial score (nSPS) is 13.1. The molecular formula is C12H13BrF3NO2. The van der Waals surface area contributed by atoms with E-state index >= 15 is 0 Å². The van der Waals surface area contributed by atoms with Crippen LogP contribution in [0, 0.1) is 0 Å². The summed E-state index contributed by atoms with van der Waals surface area (Å²) < 4.78 is 39.8. The van der Waals surface area contributed by atoms with Crippen LogP contribution in [-0.2, 0) is 9.53 Å². The predicted octanol–water partition coefficient (Wildman–Crippen LogP) is 3.66. The van der Waals surface area contributed by atoms with Crippen LogP contribution in [0.3, 0.4) is 0 Å². The zero-order valence-corrected chi connectivity index (χ0v) is 11.7. The molecule has 0 saturated heterocycles. The van der Waals surface area contributed by atoms with Gasteiger partial charge in [0.05, 0.1) is 0 Å². The van der Waals surface area contributed by atoms with Crippen molar-refractivity contribution in [3.8, 4) is 0 Å². The van der Waals surface area contributed by atoms with Crippen LogP contribution in [0.5, 0.6) is 0 Å². The maximum Gasteiger partial charge on any atom is 0.411 e. The highest BCUT2D eigenvalue weighted by Gasteiger charge is 2.27. The molecule has 1 aromatic rings. The molecule has 0 aromatic heterocycles. The Kier molecular flexibility index (Phi) is 5.81. The van der Waals surface area contributed by atoms with Gasteiger partial charge in [0.15, 0.2) is 0 Å². The van der Waals surface area contributed by atoms with E-state index < -0.39 is 25.3 Å².